The lowest BCUT2D eigenvalue weighted by Crippen LogP contribution is -2.08. The molecule has 0 radical (unpaired) electrons. The molecule has 0 saturated heterocycles. The van der Waals surface area contributed by atoms with Crippen molar-refractivity contribution >= 4 is 11.6 Å². The van der Waals surface area contributed by atoms with Gasteiger partial charge in [-0.1, -0.05) is 37.4 Å². The zero-order valence-electron chi connectivity index (χ0n) is 11.3. The van der Waals surface area contributed by atoms with Crippen LogP contribution in [0.2, 0.25) is 5.02 Å². The third-order valence-corrected chi connectivity index (χ3v) is 3.62. The van der Waals surface area contributed by atoms with Crippen molar-refractivity contribution in [3.63, 3.8) is 0 Å². The smallest absolute Gasteiger partial charge is 0.120 e. The van der Waals surface area contributed by atoms with Crippen molar-refractivity contribution in [2.45, 2.75) is 32.1 Å². The lowest BCUT2D eigenvalue weighted by molar-refractivity contribution is 0.458. The van der Waals surface area contributed by atoms with E-state index in [4.69, 9.17) is 11.6 Å². The number of aromatic hydroxyl groups is 1. The van der Waals surface area contributed by atoms with Crippen molar-refractivity contribution in [3.05, 3.63) is 47.0 Å². The van der Waals surface area contributed by atoms with Gasteiger partial charge in [-0.05, 0) is 18.6 Å². The SMILES string of the molecule is CCCCC(c1ccc(Cl)cc1O)c1nccn1C. The number of aromatic nitrogens is 2. The van der Waals surface area contributed by atoms with Gasteiger partial charge >= 0.3 is 0 Å². The molecular weight excluding hydrogens is 260 g/mol. The number of nitrogens with zero attached hydrogens (tertiary/aromatic N) is 2. The molecule has 0 aliphatic rings. The number of benzene rings is 1. The van der Waals surface area contributed by atoms with Crippen LogP contribution in [0.25, 0.3) is 0 Å². The van der Waals surface area contributed by atoms with Crippen LogP contribution in [-0.4, -0.2) is 14.7 Å². The van der Waals surface area contributed by atoms with Crippen molar-refractivity contribution in [1.82, 2.24) is 9.55 Å². The predicted octanol–water partition coefficient (Wildman–Crippen LogP) is 4.10. The number of imidazole rings is 1. The quantitative estimate of drug-likeness (QED) is 0.894. The summed E-state index contributed by atoms with van der Waals surface area (Å²) < 4.78 is 2.01. The highest BCUT2D eigenvalue weighted by Gasteiger charge is 2.20. The Morgan fingerprint density at radius 2 is 2.21 bits per heavy atom. The van der Waals surface area contributed by atoms with Gasteiger partial charge in [0.05, 0.1) is 0 Å². The second-order valence-electron chi connectivity index (χ2n) is 4.79. The van der Waals surface area contributed by atoms with E-state index in [2.05, 4.69) is 11.9 Å². The van der Waals surface area contributed by atoms with E-state index in [0.29, 0.717) is 5.02 Å². The average molecular weight is 279 g/mol. The normalized spacial score (nSPS) is 12.6. The van der Waals surface area contributed by atoms with Gasteiger partial charge in [-0.25, -0.2) is 4.98 Å². The van der Waals surface area contributed by atoms with E-state index in [1.165, 1.54) is 0 Å². The molecule has 0 amide bonds. The fourth-order valence-electron chi connectivity index (χ4n) is 2.36. The molecule has 1 N–H and O–H groups in total. The van der Waals surface area contributed by atoms with E-state index in [-0.39, 0.29) is 11.7 Å². The molecule has 1 aromatic carbocycles. The molecule has 3 nitrogen and oxygen atoms in total. The van der Waals surface area contributed by atoms with Gasteiger partial charge in [0.15, 0.2) is 0 Å². The number of phenols is 1. The lowest BCUT2D eigenvalue weighted by Gasteiger charge is -2.18. The summed E-state index contributed by atoms with van der Waals surface area (Å²) in [7, 11) is 1.98. The molecule has 2 rings (SSSR count). The molecule has 4 heteroatoms. The van der Waals surface area contributed by atoms with Crippen LogP contribution in [0.1, 0.15) is 43.5 Å². The second-order valence-corrected chi connectivity index (χ2v) is 5.23. The minimum atomic E-state index is 0.109. The Morgan fingerprint density at radius 1 is 1.42 bits per heavy atom. The zero-order valence-corrected chi connectivity index (χ0v) is 12.1. The molecule has 0 bridgehead atoms. The molecule has 0 aliphatic heterocycles. The van der Waals surface area contributed by atoms with Gasteiger partial charge in [-0.2, -0.15) is 0 Å². The van der Waals surface area contributed by atoms with Crippen LogP contribution in [0.3, 0.4) is 0 Å². The summed E-state index contributed by atoms with van der Waals surface area (Å²) in [6.45, 7) is 2.16. The van der Waals surface area contributed by atoms with Gasteiger partial charge in [0, 0.05) is 35.9 Å². The van der Waals surface area contributed by atoms with Gasteiger partial charge in [-0.15, -0.1) is 0 Å². The topological polar surface area (TPSA) is 38.1 Å². The van der Waals surface area contributed by atoms with Crippen LogP contribution in [0, 0.1) is 0 Å². The first-order chi connectivity index (χ1) is 9.13. The Morgan fingerprint density at radius 3 is 2.79 bits per heavy atom. The molecule has 0 spiro atoms. The lowest BCUT2D eigenvalue weighted by atomic mass is 9.92. The standard InChI is InChI=1S/C15H19ClN2O/c1-3-4-5-13(15-17-8-9-18(15)2)12-7-6-11(16)10-14(12)19/h6-10,13,19H,3-5H2,1-2H3. The molecular formula is C15H19ClN2O. The molecule has 1 atom stereocenters. The first-order valence-corrected chi connectivity index (χ1v) is 6.97. The molecule has 102 valence electrons. The highest BCUT2D eigenvalue weighted by Crippen LogP contribution is 2.35. The molecule has 1 heterocycles. The van der Waals surface area contributed by atoms with Crippen molar-refractivity contribution in [2.75, 3.05) is 0 Å². The summed E-state index contributed by atoms with van der Waals surface area (Å²) in [4.78, 5) is 4.43. The summed E-state index contributed by atoms with van der Waals surface area (Å²) in [6, 6.07) is 5.31. The van der Waals surface area contributed by atoms with Crippen molar-refractivity contribution in [3.8, 4) is 5.75 Å². The number of phenolic OH excluding ortho intramolecular Hbond substituents is 1. The van der Waals surface area contributed by atoms with Gasteiger partial charge in [-0.3, -0.25) is 0 Å². The largest absolute Gasteiger partial charge is 0.508 e. The molecule has 2 aromatic rings. The second kappa shape index (κ2) is 6.11. The van der Waals surface area contributed by atoms with E-state index >= 15 is 0 Å². The Hall–Kier alpha value is -1.48. The molecule has 0 fully saturated rings. The zero-order chi connectivity index (χ0) is 13.8. The number of rotatable bonds is 5. The first kappa shape index (κ1) is 13.9. The van der Waals surface area contributed by atoms with Crippen LogP contribution in [0.15, 0.2) is 30.6 Å². The van der Waals surface area contributed by atoms with Crippen LogP contribution in [-0.2, 0) is 7.05 Å². The van der Waals surface area contributed by atoms with Crippen molar-refractivity contribution in [2.24, 2.45) is 7.05 Å². The molecule has 0 saturated carbocycles. The van der Waals surface area contributed by atoms with Crippen molar-refractivity contribution in [1.29, 1.82) is 0 Å². The third kappa shape index (κ3) is 3.10. The predicted molar refractivity (Wildman–Crippen MR) is 77.7 cm³/mol. The molecule has 1 unspecified atom stereocenters. The van der Waals surface area contributed by atoms with Crippen LogP contribution in [0.5, 0.6) is 5.75 Å². The number of unbranched alkanes of at least 4 members (excludes halogenated alkanes) is 1. The van der Waals surface area contributed by atoms with Gasteiger partial charge in [0.2, 0.25) is 0 Å². The maximum atomic E-state index is 10.1. The highest BCUT2D eigenvalue weighted by atomic mass is 35.5. The fourth-order valence-corrected chi connectivity index (χ4v) is 2.52. The Bertz CT molecular complexity index is 551. The summed E-state index contributed by atoms with van der Waals surface area (Å²) in [5, 5.41) is 10.7. The van der Waals surface area contributed by atoms with E-state index < -0.39 is 0 Å². The van der Waals surface area contributed by atoms with E-state index in [9.17, 15) is 5.11 Å². The summed E-state index contributed by atoms with van der Waals surface area (Å²) in [6.07, 6.45) is 6.91. The van der Waals surface area contributed by atoms with Crippen LogP contribution in [0.4, 0.5) is 0 Å². The van der Waals surface area contributed by atoms with Crippen LogP contribution < -0.4 is 0 Å². The van der Waals surface area contributed by atoms with E-state index in [0.717, 1.165) is 30.7 Å². The minimum Gasteiger partial charge on any atom is -0.508 e. The van der Waals surface area contributed by atoms with Crippen LogP contribution >= 0.6 is 11.6 Å². The molecule has 19 heavy (non-hydrogen) atoms. The molecule has 0 aliphatic carbocycles. The fraction of sp³-hybridized carbons (Fsp3) is 0.400. The minimum absolute atomic E-state index is 0.109. The van der Waals surface area contributed by atoms with Gasteiger partial charge < -0.3 is 9.67 Å². The maximum Gasteiger partial charge on any atom is 0.120 e. The van der Waals surface area contributed by atoms with Gasteiger partial charge in [0.25, 0.3) is 0 Å². The Labute approximate surface area is 118 Å². The van der Waals surface area contributed by atoms with E-state index in [1.54, 1.807) is 12.3 Å². The summed E-state index contributed by atoms with van der Waals surface area (Å²) >= 11 is 5.90. The summed E-state index contributed by atoms with van der Waals surface area (Å²) in [5.74, 6) is 1.33. The number of hydrogen-bond donors (Lipinski definition) is 1. The summed E-state index contributed by atoms with van der Waals surface area (Å²) in [5.41, 5.74) is 0.896. The number of hydrogen-bond acceptors (Lipinski definition) is 2. The monoisotopic (exact) mass is 278 g/mol. The Kier molecular flexibility index (Phi) is 4.48. The average Bonchev–Trinajstić information content (AvgIpc) is 2.78. The number of aryl methyl sites for hydroxylation is 1. The van der Waals surface area contributed by atoms with Crippen molar-refractivity contribution < 1.29 is 5.11 Å². The highest BCUT2D eigenvalue weighted by molar-refractivity contribution is 6.30. The van der Waals surface area contributed by atoms with Gasteiger partial charge in [0.1, 0.15) is 11.6 Å². The maximum absolute atomic E-state index is 10.1. The molecule has 1 aromatic heterocycles. The number of halogens is 1. The Balaban J connectivity index is 2.40. The first-order valence-electron chi connectivity index (χ1n) is 6.59. The third-order valence-electron chi connectivity index (χ3n) is 3.38. The van der Waals surface area contributed by atoms with E-state index in [1.807, 2.05) is 29.9 Å².